The van der Waals surface area contributed by atoms with Gasteiger partial charge < -0.3 is 15.2 Å². The van der Waals surface area contributed by atoms with E-state index in [1.165, 1.54) is 0 Å². The van der Waals surface area contributed by atoms with Crippen LogP contribution in [-0.4, -0.2) is 36.7 Å². The van der Waals surface area contributed by atoms with Crippen molar-refractivity contribution >= 4 is 11.9 Å². The summed E-state index contributed by atoms with van der Waals surface area (Å²) in [5, 5.41) is 12.3. The van der Waals surface area contributed by atoms with Crippen LogP contribution in [0, 0.1) is 29.6 Å². The standard InChI is InChI=1S/C15H21NO4/c17-14(16-5-3-9-4-6-20-8-9)12-10-1-2-11(7-10)13(12)15(18)19/h1-2,9-13H,3-8H2,(H,16,17)(H,18,19)/t9?,10?,11?,12-,13+/m0/s1. The summed E-state index contributed by atoms with van der Waals surface area (Å²) in [6.45, 7) is 2.22. The van der Waals surface area contributed by atoms with Crippen molar-refractivity contribution in [3.05, 3.63) is 12.2 Å². The van der Waals surface area contributed by atoms with E-state index in [9.17, 15) is 14.7 Å². The lowest BCUT2D eigenvalue weighted by Crippen LogP contribution is -2.40. The van der Waals surface area contributed by atoms with Crippen molar-refractivity contribution in [2.75, 3.05) is 19.8 Å². The molecular weight excluding hydrogens is 258 g/mol. The van der Waals surface area contributed by atoms with Gasteiger partial charge in [-0.2, -0.15) is 0 Å². The third-order valence-electron chi connectivity index (χ3n) is 4.92. The minimum Gasteiger partial charge on any atom is -0.481 e. The van der Waals surface area contributed by atoms with Gasteiger partial charge in [-0.25, -0.2) is 0 Å². The molecular formula is C15H21NO4. The summed E-state index contributed by atoms with van der Waals surface area (Å²) in [5.74, 6) is -1.18. The molecule has 0 spiro atoms. The second kappa shape index (κ2) is 5.56. The molecule has 5 atom stereocenters. The van der Waals surface area contributed by atoms with Crippen LogP contribution in [0.15, 0.2) is 12.2 Å². The first-order valence-electron chi connectivity index (χ1n) is 7.43. The van der Waals surface area contributed by atoms with Crippen molar-refractivity contribution in [2.45, 2.75) is 19.3 Å². The summed E-state index contributed by atoms with van der Waals surface area (Å²) < 4.78 is 5.30. The van der Waals surface area contributed by atoms with E-state index in [2.05, 4.69) is 5.32 Å². The number of carboxylic acid groups (broad SMARTS) is 1. The van der Waals surface area contributed by atoms with Gasteiger partial charge in [0, 0.05) is 19.8 Å². The molecule has 2 bridgehead atoms. The molecule has 5 nitrogen and oxygen atoms in total. The maximum atomic E-state index is 12.3. The SMILES string of the molecule is O=C(O)[C@@H]1C2C=CC(C2)[C@@H]1C(=O)NCCC1CCOC1. The Labute approximate surface area is 118 Å². The van der Waals surface area contributed by atoms with Crippen LogP contribution in [0.1, 0.15) is 19.3 Å². The van der Waals surface area contributed by atoms with Crippen molar-refractivity contribution < 1.29 is 19.4 Å². The van der Waals surface area contributed by atoms with Gasteiger partial charge in [-0.05, 0) is 37.0 Å². The number of aliphatic carboxylic acids is 1. The fourth-order valence-electron chi connectivity index (χ4n) is 3.84. The number of fused-ring (bicyclic) bond motifs is 2. The molecule has 2 N–H and O–H groups in total. The summed E-state index contributed by atoms with van der Waals surface area (Å²) in [6.07, 6.45) is 6.76. The van der Waals surface area contributed by atoms with Gasteiger partial charge in [-0.15, -0.1) is 0 Å². The number of carbonyl (C=O) groups excluding carboxylic acids is 1. The molecule has 1 amide bonds. The average molecular weight is 279 g/mol. The lowest BCUT2D eigenvalue weighted by atomic mass is 9.82. The molecule has 2 aliphatic carbocycles. The van der Waals surface area contributed by atoms with E-state index in [0.717, 1.165) is 32.5 Å². The van der Waals surface area contributed by atoms with E-state index < -0.39 is 11.9 Å². The van der Waals surface area contributed by atoms with Crippen LogP contribution in [0.5, 0.6) is 0 Å². The van der Waals surface area contributed by atoms with E-state index in [0.29, 0.717) is 12.5 Å². The van der Waals surface area contributed by atoms with Gasteiger partial charge in [-0.1, -0.05) is 12.2 Å². The number of nitrogens with one attached hydrogen (secondary N) is 1. The topological polar surface area (TPSA) is 75.6 Å². The van der Waals surface area contributed by atoms with E-state index >= 15 is 0 Å². The van der Waals surface area contributed by atoms with Crippen LogP contribution in [0.3, 0.4) is 0 Å². The Morgan fingerprint density at radius 2 is 2.00 bits per heavy atom. The van der Waals surface area contributed by atoms with Crippen molar-refractivity contribution in [3.63, 3.8) is 0 Å². The number of allylic oxidation sites excluding steroid dienone is 2. The molecule has 2 fully saturated rings. The first-order chi connectivity index (χ1) is 9.66. The minimum absolute atomic E-state index is 0.0384. The molecule has 0 radical (unpaired) electrons. The van der Waals surface area contributed by atoms with Crippen molar-refractivity contribution in [2.24, 2.45) is 29.6 Å². The number of carbonyl (C=O) groups is 2. The molecule has 0 aromatic heterocycles. The molecule has 1 saturated heterocycles. The highest BCUT2D eigenvalue weighted by molar-refractivity contribution is 5.86. The molecule has 110 valence electrons. The highest BCUT2D eigenvalue weighted by atomic mass is 16.5. The third kappa shape index (κ3) is 2.46. The van der Waals surface area contributed by atoms with Crippen LogP contribution in [0.2, 0.25) is 0 Å². The smallest absolute Gasteiger partial charge is 0.307 e. The van der Waals surface area contributed by atoms with Crippen LogP contribution in [0.4, 0.5) is 0 Å². The van der Waals surface area contributed by atoms with Crippen LogP contribution in [-0.2, 0) is 14.3 Å². The van der Waals surface area contributed by atoms with Gasteiger partial charge in [-0.3, -0.25) is 9.59 Å². The first-order valence-corrected chi connectivity index (χ1v) is 7.43. The van der Waals surface area contributed by atoms with E-state index in [1.807, 2.05) is 12.2 Å². The molecule has 3 rings (SSSR count). The predicted octanol–water partition coefficient (Wildman–Crippen LogP) is 1.05. The van der Waals surface area contributed by atoms with E-state index in [-0.39, 0.29) is 23.7 Å². The van der Waals surface area contributed by atoms with Gasteiger partial charge in [0.25, 0.3) is 0 Å². The lowest BCUT2D eigenvalue weighted by Gasteiger charge is -2.24. The van der Waals surface area contributed by atoms with Gasteiger partial charge in [0.15, 0.2) is 0 Å². The second-order valence-corrected chi connectivity index (χ2v) is 6.15. The zero-order valence-corrected chi connectivity index (χ0v) is 11.5. The van der Waals surface area contributed by atoms with Crippen molar-refractivity contribution in [1.29, 1.82) is 0 Å². The Balaban J connectivity index is 1.53. The maximum Gasteiger partial charge on any atom is 0.307 e. The monoisotopic (exact) mass is 279 g/mol. The predicted molar refractivity (Wildman–Crippen MR) is 71.9 cm³/mol. The summed E-state index contributed by atoms with van der Waals surface area (Å²) >= 11 is 0. The van der Waals surface area contributed by atoms with Crippen molar-refractivity contribution in [3.8, 4) is 0 Å². The largest absolute Gasteiger partial charge is 0.481 e. The number of amides is 1. The van der Waals surface area contributed by atoms with Crippen molar-refractivity contribution in [1.82, 2.24) is 5.32 Å². The number of rotatable bonds is 5. The van der Waals surface area contributed by atoms with Crippen LogP contribution < -0.4 is 5.32 Å². The Hall–Kier alpha value is -1.36. The molecule has 1 saturated carbocycles. The molecule has 3 aliphatic rings. The highest BCUT2D eigenvalue weighted by Gasteiger charge is 2.51. The normalized spacial score (nSPS) is 38.3. The zero-order chi connectivity index (χ0) is 14.1. The number of carboxylic acids is 1. The quantitative estimate of drug-likeness (QED) is 0.738. The fourth-order valence-corrected chi connectivity index (χ4v) is 3.84. The zero-order valence-electron chi connectivity index (χ0n) is 11.5. The molecule has 0 aromatic rings. The molecule has 20 heavy (non-hydrogen) atoms. The maximum absolute atomic E-state index is 12.3. The number of ether oxygens (including phenoxy) is 1. The summed E-state index contributed by atoms with van der Waals surface area (Å²) in [7, 11) is 0. The van der Waals surface area contributed by atoms with E-state index in [1.54, 1.807) is 0 Å². The third-order valence-corrected chi connectivity index (χ3v) is 4.92. The average Bonchev–Trinajstić information content (AvgIpc) is 3.13. The highest BCUT2D eigenvalue weighted by Crippen LogP contribution is 2.48. The minimum atomic E-state index is -0.841. The Morgan fingerprint density at radius 3 is 2.65 bits per heavy atom. The molecule has 1 aliphatic heterocycles. The van der Waals surface area contributed by atoms with Gasteiger partial charge in [0.1, 0.15) is 0 Å². The Kier molecular flexibility index (Phi) is 3.78. The Bertz CT molecular complexity index is 428. The number of hydrogen-bond acceptors (Lipinski definition) is 3. The second-order valence-electron chi connectivity index (χ2n) is 6.15. The van der Waals surface area contributed by atoms with Gasteiger partial charge in [0.05, 0.1) is 11.8 Å². The summed E-state index contributed by atoms with van der Waals surface area (Å²) in [5.41, 5.74) is 0. The van der Waals surface area contributed by atoms with Gasteiger partial charge in [0.2, 0.25) is 5.91 Å². The van der Waals surface area contributed by atoms with Gasteiger partial charge >= 0.3 is 5.97 Å². The molecule has 0 aromatic carbocycles. The first kappa shape index (κ1) is 13.6. The molecule has 3 unspecified atom stereocenters. The summed E-state index contributed by atoms with van der Waals surface area (Å²) in [4.78, 5) is 23.6. The van der Waals surface area contributed by atoms with Crippen LogP contribution >= 0.6 is 0 Å². The summed E-state index contributed by atoms with van der Waals surface area (Å²) in [6, 6.07) is 0. The number of hydrogen-bond donors (Lipinski definition) is 2. The lowest BCUT2D eigenvalue weighted by molar-refractivity contribution is -0.147. The fraction of sp³-hybridized carbons (Fsp3) is 0.733. The molecule has 1 heterocycles. The molecule has 5 heteroatoms. The van der Waals surface area contributed by atoms with E-state index in [4.69, 9.17) is 4.74 Å². The Morgan fingerprint density at radius 1 is 1.25 bits per heavy atom. The van der Waals surface area contributed by atoms with Crippen LogP contribution in [0.25, 0.3) is 0 Å².